The molecule has 1 heterocycles. The van der Waals surface area contributed by atoms with E-state index in [2.05, 4.69) is 19.2 Å². The molecule has 0 aliphatic heterocycles. The summed E-state index contributed by atoms with van der Waals surface area (Å²) in [5.74, 6) is 1.53. The lowest BCUT2D eigenvalue weighted by Crippen LogP contribution is -2.03. The van der Waals surface area contributed by atoms with E-state index in [0.717, 1.165) is 40.2 Å². The maximum Gasteiger partial charge on any atom is 0.163 e. The fourth-order valence-corrected chi connectivity index (χ4v) is 2.69. The topological polar surface area (TPSA) is 43.4 Å². The normalized spacial score (nSPS) is 10.7. The minimum atomic E-state index is 0.608. The number of ether oxygens (including phenoxy) is 2. The van der Waals surface area contributed by atoms with Gasteiger partial charge >= 0.3 is 0 Å². The molecule has 0 aliphatic carbocycles. The number of hydrogen-bond donors (Lipinski definition) is 1. The minimum absolute atomic E-state index is 0.608. The number of nitrogens with zero attached hydrogens (tertiary/aromatic N) is 1. The SMILES string of the molecule is CCOc1cc2nc(C)c(CC)c(NC)c2cc1OCC. The highest BCUT2D eigenvalue weighted by molar-refractivity contribution is 5.95. The van der Waals surface area contributed by atoms with Crippen LogP contribution in [0.25, 0.3) is 10.9 Å². The highest BCUT2D eigenvalue weighted by Crippen LogP contribution is 2.37. The van der Waals surface area contributed by atoms with Gasteiger partial charge in [-0.3, -0.25) is 4.98 Å². The molecule has 0 spiro atoms. The molecule has 0 radical (unpaired) electrons. The van der Waals surface area contributed by atoms with Gasteiger partial charge in [-0.25, -0.2) is 0 Å². The lowest BCUT2D eigenvalue weighted by molar-refractivity contribution is 0.288. The van der Waals surface area contributed by atoms with Gasteiger partial charge in [-0.1, -0.05) is 6.92 Å². The van der Waals surface area contributed by atoms with Crippen LogP contribution in [-0.4, -0.2) is 25.2 Å². The summed E-state index contributed by atoms with van der Waals surface area (Å²) >= 11 is 0. The third-order valence-electron chi connectivity index (χ3n) is 3.56. The summed E-state index contributed by atoms with van der Waals surface area (Å²) in [6.07, 6.45) is 0.947. The molecule has 4 heteroatoms. The number of hydrogen-bond acceptors (Lipinski definition) is 4. The predicted molar refractivity (Wildman–Crippen MR) is 87.7 cm³/mol. The summed E-state index contributed by atoms with van der Waals surface area (Å²) in [7, 11) is 1.95. The Labute approximate surface area is 126 Å². The molecule has 0 saturated carbocycles. The highest BCUT2D eigenvalue weighted by Gasteiger charge is 2.14. The quantitative estimate of drug-likeness (QED) is 0.874. The molecular weight excluding hydrogens is 264 g/mol. The first-order valence-corrected chi connectivity index (χ1v) is 7.56. The Hall–Kier alpha value is -1.97. The molecule has 0 saturated heterocycles. The van der Waals surface area contributed by atoms with Gasteiger partial charge in [-0.15, -0.1) is 0 Å². The molecule has 0 atom stereocenters. The maximum atomic E-state index is 5.72. The van der Waals surface area contributed by atoms with Crippen molar-refractivity contribution in [3.63, 3.8) is 0 Å². The van der Waals surface area contributed by atoms with Crippen molar-refractivity contribution in [2.24, 2.45) is 0 Å². The summed E-state index contributed by atoms with van der Waals surface area (Å²) in [6, 6.07) is 4.00. The molecule has 114 valence electrons. The fraction of sp³-hybridized carbons (Fsp3) is 0.471. The molecule has 21 heavy (non-hydrogen) atoms. The number of fused-ring (bicyclic) bond motifs is 1. The molecule has 0 aliphatic rings. The highest BCUT2D eigenvalue weighted by atomic mass is 16.5. The summed E-state index contributed by atoms with van der Waals surface area (Å²) in [6.45, 7) is 9.36. The van der Waals surface area contributed by atoms with Crippen molar-refractivity contribution in [2.45, 2.75) is 34.1 Å². The number of anilines is 1. The smallest absolute Gasteiger partial charge is 0.163 e. The number of benzene rings is 1. The Kier molecular flexibility index (Phi) is 4.89. The number of pyridine rings is 1. The van der Waals surface area contributed by atoms with Crippen LogP contribution in [0.4, 0.5) is 5.69 Å². The molecule has 1 aromatic heterocycles. The Morgan fingerprint density at radius 3 is 2.19 bits per heavy atom. The van der Waals surface area contributed by atoms with Crippen LogP contribution in [0.15, 0.2) is 12.1 Å². The lowest BCUT2D eigenvalue weighted by Gasteiger charge is -2.17. The van der Waals surface area contributed by atoms with Crippen LogP contribution in [-0.2, 0) is 6.42 Å². The van der Waals surface area contributed by atoms with Crippen LogP contribution in [0.3, 0.4) is 0 Å². The van der Waals surface area contributed by atoms with E-state index in [4.69, 9.17) is 14.5 Å². The minimum Gasteiger partial charge on any atom is -0.490 e. The van der Waals surface area contributed by atoms with Gasteiger partial charge in [0.2, 0.25) is 0 Å². The maximum absolute atomic E-state index is 5.72. The Morgan fingerprint density at radius 1 is 1.05 bits per heavy atom. The first kappa shape index (κ1) is 15.4. The third-order valence-corrected chi connectivity index (χ3v) is 3.56. The molecule has 0 bridgehead atoms. The predicted octanol–water partition coefficient (Wildman–Crippen LogP) is 3.94. The van der Waals surface area contributed by atoms with E-state index in [1.165, 1.54) is 5.56 Å². The average Bonchev–Trinajstić information content (AvgIpc) is 2.47. The molecule has 2 aromatic rings. The zero-order chi connectivity index (χ0) is 15.4. The zero-order valence-electron chi connectivity index (χ0n) is 13.5. The van der Waals surface area contributed by atoms with Gasteiger partial charge in [0.25, 0.3) is 0 Å². The fourth-order valence-electron chi connectivity index (χ4n) is 2.69. The molecule has 2 rings (SSSR count). The molecule has 1 N–H and O–H groups in total. The van der Waals surface area contributed by atoms with Gasteiger partial charge in [0.05, 0.1) is 18.7 Å². The van der Waals surface area contributed by atoms with Gasteiger partial charge in [0.15, 0.2) is 11.5 Å². The molecule has 0 fully saturated rings. The van der Waals surface area contributed by atoms with Gasteiger partial charge in [-0.2, -0.15) is 0 Å². The van der Waals surface area contributed by atoms with Crippen LogP contribution >= 0.6 is 0 Å². The molecule has 0 amide bonds. The van der Waals surface area contributed by atoms with Crippen LogP contribution in [0.1, 0.15) is 32.0 Å². The number of aromatic nitrogens is 1. The zero-order valence-corrected chi connectivity index (χ0v) is 13.5. The second-order valence-electron chi connectivity index (χ2n) is 4.84. The Balaban J connectivity index is 2.74. The van der Waals surface area contributed by atoms with Crippen molar-refractivity contribution in [1.29, 1.82) is 0 Å². The summed E-state index contributed by atoms with van der Waals surface area (Å²) in [5, 5.41) is 4.39. The largest absolute Gasteiger partial charge is 0.490 e. The first-order valence-electron chi connectivity index (χ1n) is 7.56. The van der Waals surface area contributed by atoms with E-state index in [9.17, 15) is 0 Å². The average molecular weight is 288 g/mol. The van der Waals surface area contributed by atoms with Gasteiger partial charge in [0.1, 0.15) is 0 Å². The van der Waals surface area contributed by atoms with E-state index in [1.54, 1.807) is 0 Å². The van der Waals surface area contributed by atoms with Crippen LogP contribution < -0.4 is 14.8 Å². The molecule has 1 aromatic carbocycles. The van der Waals surface area contributed by atoms with Crippen molar-refractivity contribution in [1.82, 2.24) is 4.98 Å². The number of nitrogens with one attached hydrogen (secondary N) is 1. The van der Waals surface area contributed by atoms with E-state index in [1.807, 2.05) is 33.0 Å². The molecule has 4 nitrogen and oxygen atoms in total. The summed E-state index contributed by atoms with van der Waals surface area (Å²) in [5.41, 5.74) is 4.36. The van der Waals surface area contributed by atoms with Crippen LogP contribution in [0, 0.1) is 6.92 Å². The van der Waals surface area contributed by atoms with Gasteiger partial charge in [0, 0.05) is 29.9 Å². The second-order valence-corrected chi connectivity index (χ2v) is 4.84. The van der Waals surface area contributed by atoms with Crippen molar-refractivity contribution < 1.29 is 9.47 Å². The summed E-state index contributed by atoms with van der Waals surface area (Å²) < 4.78 is 11.4. The number of aryl methyl sites for hydroxylation is 1. The van der Waals surface area contributed by atoms with E-state index in [0.29, 0.717) is 13.2 Å². The third kappa shape index (κ3) is 2.89. The standard InChI is InChI=1S/C17H24N2O2/c1-6-12-11(4)19-14-10-16(21-8-3)15(20-7-2)9-13(14)17(12)18-5/h9-10H,6-8H2,1-5H3,(H,18,19). The monoisotopic (exact) mass is 288 g/mol. The molecule has 0 unspecified atom stereocenters. The lowest BCUT2D eigenvalue weighted by atomic mass is 10.0. The van der Waals surface area contributed by atoms with Gasteiger partial charge in [-0.05, 0) is 38.8 Å². The second kappa shape index (κ2) is 6.66. The van der Waals surface area contributed by atoms with Crippen molar-refractivity contribution in [2.75, 3.05) is 25.6 Å². The Morgan fingerprint density at radius 2 is 1.67 bits per heavy atom. The van der Waals surface area contributed by atoms with Crippen LogP contribution in [0.2, 0.25) is 0 Å². The van der Waals surface area contributed by atoms with Crippen molar-refractivity contribution in [3.8, 4) is 11.5 Å². The van der Waals surface area contributed by atoms with Crippen molar-refractivity contribution in [3.05, 3.63) is 23.4 Å². The number of rotatable bonds is 6. The van der Waals surface area contributed by atoms with E-state index >= 15 is 0 Å². The van der Waals surface area contributed by atoms with Gasteiger partial charge < -0.3 is 14.8 Å². The van der Waals surface area contributed by atoms with Crippen LogP contribution in [0.5, 0.6) is 11.5 Å². The van der Waals surface area contributed by atoms with Crippen molar-refractivity contribution >= 4 is 16.6 Å². The van der Waals surface area contributed by atoms with E-state index < -0.39 is 0 Å². The Bertz CT molecular complexity index is 638. The van der Waals surface area contributed by atoms with E-state index in [-0.39, 0.29) is 0 Å². The molecular formula is C17H24N2O2. The summed E-state index contributed by atoms with van der Waals surface area (Å²) in [4.78, 5) is 4.72. The first-order chi connectivity index (χ1) is 10.2.